The first-order valence-corrected chi connectivity index (χ1v) is 3.90. The molecule has 0 spiro atoms. The smallest absolute Gasteiger partial charge is 0.321 e. The number of hydrogen-bond donors (Lipinski definition) is 1. The van der Waals surface area contributed by atoms with Crippen LogP contribution in [0.4, 0.5) is 6.01 Å². The standard InChI is InChI=1S/C8H13N3O/c1-4-5-6(2)9-8-10-7(3)11-12-8/h4,6H,1,5H2,2-3H3,(H,9,10,11). The van der Waals surface area contributed by atoms with E-state index < -0.39 is 0 Å². The SMILES string of the molecule is C=CCC(C)Nc1nc(C)no1. The molecule has 66 valence electrons. The zero-order valence-corrected chi connectivity index (χ0v) is 7.37. The third-order valence-corrected chi connectivity index (χ3v) is 1.42. The fraction of sp³-hybridized carbons (Fsp3) is 0.500. The van der Waals surface area contributed by atoms with E-state index >= 15 is 0 Å². The van der Waals surface area contributed by atoms with Gasteiger partial charge < -0.3 is 9.84 Å². The Morgan fingerprint density at radius 1 is 1.75 bits per heavy atom. The van der Waals surface area contributed by atoms with Crippen LogP contribution in [0.1, 0.15) is 19.2 Å². The molecule has 1 unspecified atom stereocenters. The molecule has 4 nitrogen and oxygen atoms in total. The Morgan fingerprint density at radius 3 is 3.00 bits per heavy atom. The van der Waals surface area contributed by atoms with E-state index in [9.17, 15) is 0 Å². The minimum atomic E-state index is 0.280. The van der Waals surface area contributed by atoms with Crippen LogP contribution in [0, 0.1) is 6.92 Å². The van der Waals surface area contributed by atoms with Gasteiger partial charge in [0.15, 0.2) is 5.82 Å². The molecule has 0 saturated heterocycles. The second kappa shape index (κ2) is 3.90. The number of aryl methyl sites for hydroxylation is 1. The van der Waals surface area contributed by atoms with Gasteiger partial charge in [0.2, 0.25) is 0 Å². The van der Waals surface area contributed by atoms with Crippen LogP contribution in [0.3, 0.4) is 0 Å². The van der Waals surface area contributed by atoms with Crippen LogP contribution in [-0.2, 0) is 0 Å². The zero-order valence-electron chi connectivity index (χ0n) is 7.37. The summed E-state index contributed by atoms with van der Waals surface area (Å²) >= 11 is 0. The van der Waals surface area contributed by atoms with Crippen molar-refractivity contribution in [2.24, 2.45) is 0 Å². The predicted molar refractivity (Wildman–Crippen MR) is 46.9 cm³/mol. The number of nitrogens with zero attached hydrogens (tertiary/aromatic N) is 2. The van der Waals surface area contributed by atoms with Crippen LogP contribution in [0.5, 0.6) is 0 Å². The minimum Gasteiger partial charge on any atom is -0.335 e. The number of aromatic nitrogens is 2. The average Bonchev–Trinajstić information content (AvgIpc) is 2.36. The Balaban J connectivity index is 2.46. The number of hydrogen-bond acceptors (Lipinski definition) is 4. The van der Waals surface area contributed by atoms with Gasteiger partial charge in [0, 0.05) is 6.04 Å². The van der Waals surface area contributed by atoms with Gasteiger partial charge in [0.05, 0.1) is 0 Å². The molecule has 0 radical (unpaired) electrons. The van der Waals surface area contributed by atoms with Gasteiger partial charge in [-0.05, 0) is 20.3 Å². The summed E-state index contributed by atoms with van der Waals surface area (Å²) in [5.74, 6) is 0.642. The first-order chi connectivity index (χ1) is 5.72. The quantitative estimate of drug-likeness (QED) is 0.694. The molecule has 0 aliphatic rings. The average molecular weight is 167 g/mol. The molecule has 1 rings (SSSR count). The molecule has 0 aromatic carbocycles. The van der Waals surface area contributed by atoms with Crippen LogP contribution in [0.15, 0.2) is 17.2 Å². The van der Waals surface area contributed by atoms with Gasteiger partial charge in [-0.15, -0.1) is 6.58 Å². The van der Waals surface area contributed by atoms with Crippen LogP contribution in [0.2, 0.25) is 0 Å². The fourth-order valence-electron chi connectivity index (χ4n) is 0.875. The Labute approximate surface area is 71.7 Å². The predicted octanol–water partition coefficient (Wildman–Crippen LogP) is 1.75. The Kier molecular flexibility index (Phi) is 2.85. The highest BCUT2D eigenvalue weighted by molar-refractivity contribution is 5.19. The Hall–Kier alpha value is -1.32. The first kappa shape index (κ1) is 8.77. The van der Waals surface area contributed by atoms with E-state index in [1.54, 1.807) is 6.92 Å². The molecule has 0 amide bonds. The summed E-state index contributed by atoms with van der Waals surface area (Å²) in [6.07, 6.45) is 2.72. The molecule has 0 aliphatic heterocycles. The first-order valence-electron chi connectivity index (χ1n) is 3.90. The second-order valence-corrected chi connectivity index (χ2v) is 2.72. The summed E-state index contributed by atoms with van der Waals surface area (Å²) in [5.41, 5.74) is 0. The molecular weight excluding hydrogens is 154 g/mol. The minimum absolute atomic E-state index is 0.280. The van der Waals surface area contributed by atoms with Gasteiger partial charge in [-0.3, -0.25) is 0 Å². The molecule has 1 atom stereocenters. The number of nitrogens with one attached hydrogen (secondary N) is 1. The summed E-state index contributed by atoms with van der Waals surface area (Å²) < 4.78 is 4.87. The van der Waals surface area contributed by atoms with Gasteiger partial charge in [0.1, 0.15) is 0 Å². The monoisotopic (exact) mass is 167 g/mol. The van der Waals surface area contributed by atoms with E-state index in [0.717, 1.165) is 6.42 Å². The summed E-state index contributed by atoms with van der Waals surface area (Å²) in [6, 6.07) is 0.754. The van der Waals surface area contributed by atoms with Crippen molar-refractivity contribution < 1.29 is 4.52 Å². The van der Waals surface area contributed by atoms with Gasteiger partial charge in [-0.2, -0.15) is 4.98 Å². The highest BCUT2D eigenvalue weighted by atomic mass is 16.5. The second-order valence-electron chi connectivity index (χ2n) is 2.72. The summed E-state index contributed by atoms with van der Waals surface area (Å²) in [7, 11) is 0. The molecule has 0 aliphatic carbocycles. The maximum Gasteiger partial charge on any atom is 0.321 e. The fourth-order valence-corrected chi connectivity index (χ4v) is 0.875. The lowest BCUT2D eigenvalue weighted by atomic mass is 10.2. The number of anilines is 1. The summed E-state index contributed by atoms with van der Waals surface area (Å²) in [5, 5.41) is 6.71. The third kappa shape index (κ3) is 2.38. The lowest BCUT2D eigenvalue weighted by Gasteiger charge is -2.07. The molecular formula is C8H13N3O. The lowest BCUT2D eigenvalue weighted by Crippen LogP contribution is -2.13. The Morgan fingerprint density at radius 2 is 2.50 bits per heavy atom. The maximum atomic E-state index is 4.87. The molecule has 4 heteroatoms. The van der Waals surface area contributed by atoms with Gasteiger partial charge in [-0.25, -0.2) is 0 Å². The van der Waals surface area contributed by atoms with E-state index in [2.05, 4.69) is 22.0 Å². The largest absolute Gasteiger partial charge is 0.335 e. The van der Waals surface area contributed by atoms with E-state index in [1.807, 2.05) is 13.0 Å². The molecule has 0 saturated carbocycles. The van der Waals surface area contributed by atoms with Crippen molar-refractivity contribution in [2.75, 3.05) is 5.32 Å². The normalized spacial score (nSPS) is 12.5. The van der Waals surface area contributed by atoms with Crippen molar-refractivity contribution in [1.29, 1.82) is 0 Å². The highest BCUT2D eigenvalue weighted by Crippen LogP contribution is 2.05. The van der Waals surface area contributed by atoms with Gasteiger partial charge in [0.25, 0.3) is 0 Å². The van der Waals surface area contributed by atoms with Crippen molar-refractivity contribution in [1.82, 2.24) is 10.1 Å². The van der Waals surface area contributed by atoms with E-state index in [1.165, 1.54) is 0 Å². The van der Waals surface area contributed by atoms with E-state index in [-0.39, 0.29) is 6.04 Å². The highest BCUT2D eigenvalue weighted by Gasteiger charge is 2.04. The van der Waals surface area contributed by atoms with Gasteiger partial charge >= 0.3 is 6.01 Å². The van der Waals surface area contributed by atoms with Crippen LogP contribution in [0.25, 0.3) is 0 Å². The molecule has 1 heterocycles. The molecule has 0 fully saturated rings. The molecule has 12 heavy (non-hydrogen) atoms. The number of rotatable bonds is 4. The van der Waals surface area contributed by atoms with Crippen molar-refractivity contribution in [3.8, 4) is 0 Å². The molecule has 1 N–H and O–H groups in total. The Bertz CT molecular complexity index is 257. The maximum absolute atomic E-state index is 4.87. The van der Waals surface area contributed by atoms with Crippen LogP contribution >= 0.6 is 0 Å². The topological polar surface area (TPSA) is 51.0 Å². The van der Waals surface area contributed by atoms with Crippen molar-refractivity contribution in [2.45, 2.75) is 26.3 Å². The van der Waals surface area contributed by atoms with Crippen molar-refractivity contribution in [3.05, 3.63) is 18.5 Å². The van der Waals surface area contributed by atoms with Crippen LogP contribution in [-0.4, -0.2) is 16.2 Å². The van der Waals surface area contributed by atoms with E-state index in [4.69, 9.17) is 4.52 Å². The van der Waals surface area contributed by atoms with Gasteiger partial charge in [-0.1, -0.05) is 11.2 Å². The van der Waals surface area contributed by atoms with Crippen LogP contribution < -0.4 is 5.32 Å². The molecule has 1 aromatic heterocycles. The van der Waals surface area contributed by atoms with Crippen molar-refractivity contribution >= 4 is 6.01 Å². The van der Waals surface area contributed by atoms with Crippen molar-refractivity contribution in [3.63, 3.8) is 0 Å². The zero-order chi connectivity index (χ0) is 8.97. The molecule has 0 bridgehead atoms. The molecule has 1 aromatic rings. The summed E-state index contributed by atoms with van der Waals surface area (Å²) in [6.45, 7) is 7.45. The summed E-state index contributed by atoms with van der Waals surface area (Å²) in [4.78, 5) is 4.01. The van der Waals surface area contributed by atoms with E-state index in [0.29, 0.717) is 11.8 Å². The third-order valence-electron chi connectivity index (χ3n) is 1.42. The lowest BCUT2D eigenvalue weighted by molar-refractivity contribution is 0.422.